The Bertz CT molecular complexity index is 390. The van der Waals surface area contributed by atoms with Gasteiger partial charge in [-0.15, -0.1) is 0 Å². The minimum atomic E-state index is -0.932. The number of benzene rings is 1. The molecule has 1 rings (SSSR count). The number of hydrogen-bond donors (Lipinski definition) is 3. The number of aliphatic hydroxyl groups excluding tert-OH is 1. The topological polar surface area (TPSA) is 72.8 Å². The van der Waals surface area contributed by atoms with Gasteiger partial charge < -0.3 is 20.4 Å². The third-order valence-electron chi connectivity index (χ3n) is 2.90. The fourth-order valence-electron chi connectivity index (χ4n) is 1.76. The summed E-state index contributed by atoms with van der Waals surface area (Å²) in [6.07, 6.45) is -0.949. The van der Waals surface area contributed by atoms with Crippen LogP contribution in [-0.2, 0) is 4.79 Å². The molecule has 0 aliphatic heterocycles. The van der Waals surface area contributed by atoms with Gasteiger partial charge in [-0.1, -0.05) is 12.1 Å². The van der Waals surface area contributed by atoms with E-state index in [1.807, 2.05) is 43.3 Å². The molecule has 0 amide bonds. The van der Waals surface area contributed by atoms with E-state index in [2.05, 4.69) is 5.32 Å². The highest BCUT2D eigenvalue weighted by Crippen LogP contribution is 2.21. The molecule has 1 aromatic carbocycles. The number of likely N-dealkylation sites (N-methyl/N-ethyl adjacent to an activating group) is 1. The van der Waals surface area contributed by atoms with Gasteiger partial charge in [0.05, 0.1) is 12.5 Å². The summed E-state index contributed by atoms with van der Waals surface area (Å²) in [5.41, 5.74) is 1.74. The summed E-state index contributed by atoms with van der Waals surface area (Å²) in [6, 6.07) is 6.92. The lowest BCUT2D eigenvalue weighted by Crippen LogP contribution is -2.34. The number of carboxylic acids is 1. The Kier molecular flexibility index (Phi) is 5.12. The summed E-state index contributed by atoms with van der Waals surface area (Å²) < 4.78 is 0. The maximum atomic E-state index is 10.7. The van der Waals surface area contributed by atoms with E-state index >= 15 is 0 Å². The van der Waals surface area contributed by atoms with Gasteiger partial charge in [0.1, 0.15) is 0 Å². The Hall–Kier alpha value is -1.59. The molecule has 5 heteroatoms. The third kappa shape index (κ3) is 3.72. The van der Waals surface area contributed by atoms with Crippen LogP contribution in [0.1, 0.15) is 18.1 Å². The van der Waals surface area contributed by atoms with Crippen molar-refractivity contribution in [2.75, 3.05) is 26.0 Å². The molecule has 0 fully saturated rings. The predicted molar refractivity (Wildman–Crippen MR) is 70.8 cm³/mol. The smallest absolute Gasteiger partial charge is 0.305 e. The van der Waals surface area contributed by atoms with Crippen LogP contribution in [0, 0.1) is 0 Å². The van der Waals surface area contributed by atoms with E-state index in [4.69, 9.17) is 5.11 Å². The molecule has 18 heavy (non-hydrogen) atoms. The molecule has 3 N–H and O–H groups in total. The van der Waals surface area contributed by atoms with Crippen molar-refractivity contribution in [3.05, 3.63) is 29.8 Å². The molecule has 0 heterocycles. The van der Waals surface area contributed by atoms with E-state index in [1.54, 1.807) is 7.05 Å². The monoisotopic (exact) mass is 252 g/mol. The van der Waals surface area contributed by atoms with Crippen LogP contribution < -0.4 is 10.2 Å². The third-order valence-corrected chi connectivity index (χ3v) is 2.90. The number of nitrogens with one attached hydrogen (secondary N) is 1. The van der Waals surface area contributed by atoms with Gasteiger partial charge in [-0.05, 0) is 24.7 Å². The van der Waals surface area contributed by atoms with Gasteiger partial charge in [0.15, 0.2) is 0 Å². The second kappa shape index (κ2) is 6.37. The van der Waals surface area contributed by atoms with Crippen molar-refractivity contribution in [3.63, 3.8) is 0 Å². The van der Waals surface area contributed by atoms with Crippen molar-refractivity contribution < 1.29 is 15.0 Å². The van der Waals surface area contributed by atoms with Crippen molar-refractivity contribution in [3.8, 4) is 0 Å². The summed E-state index contributed by atoms with van der Waals surface area (Å²) in [4.78, 5) is 12.7. The van der Waals surface area contributed by atoms with E-state index in [-0.39, 0.29) is 6.42 Å². The predicted octanol–water partition coefficient (Wildman–Crippen LogP) is 0.849. The van der Waals surface area contributed by atoms with E-state index in [9.17, 15) is 9.90 Å². The number of carbonyl (C=O) groups is 1. The first-order chi connectivity index (χ1) is 8.45. The molecule has 0 spiro atoms. The Labute approximate surface area is 107 Å². The van der Waals surface area contributed by atoms with Gasteiger partial charge in [-0.3, -0.25) is 4.79 Å². The fraction of sp³-hybridized carbons (Fsp3) is 0.462. The molecule has 0 bridgehead atoms. The quantitative estimate of drug-likeness (QED) is 0.700. The number of carboxylic acid groups (broad SMARTS) is 1. The second-order valence-electron chi connectivity index (χ2n) is 4.42. The minimum Gasteiger partial charge on any atom is -0.481 e. The number of aliphatic hydroxyl groups is 1. The lowest BCUT2D eigenvalue weighted by Gasteiger charge is -2.22. The summed E-state index contributed by atoms with van der Waals surface area (Å²) >= 11 is 0. The molecule has 0 aliphatic carbocycles. The lowest BCUT2D eigenvalue weighted by molar-refractivity contribution is -0.138. The molecule has 0 radical (unpaired) electrons. The zero-order valence-electron chi connectivity index (χ0n) is 10.9. The molecule has 5 nitrogen and oxygen atoms in total. The zero-order valence-corrected chi connectivity index (χ0v) is 10.9. The van der Waals surface area contributed by atoms with Crippen LogP contribution in [0.15, 0.2) is 24.3 Å². The van der Waals surface area contributed by atoms with E-state index in [0.29, 0.717) is 5.56 Å². The number of rotatable bonds is 6. The summed E-state index contributed by atoms with van der Waals surface area (Å²) in [5.74, 6) is -0.932. The largest absolute Gasteiger partial charge is 0.481 e. The van der Waals surface area contributed by atoms with E-state index in [1.165, 1.54) is 0 Å². The van der Waals surface area contributed by atoms with E-state index in [0.717, 1.165) is 5.69 Å². The van der Waals surface area contributed by atoms with Crippen molar-refractivity contribution in [1.29, 1.82) is 0 Å². The second-order valence-corrected chi connectivity index (χ2v) is 4.42. The molecular formula is C13H20N2O3. The van der Waals surface area contributed by atoms with Gasteiger partial charge >= 0.3 is 5.97 Å². The number of nitrogens with zero attached hydrogens (tertiary/aromatic N) is 1. The molecule has 0 aromatic heterocycles. The van der Waals surface area contributed by atoms with Gasteiger partial charge in [-0.25, -0.2) is 0 Å². The first-order valence-electron chi connectivity index (χ1n) is 5.80. The summed E-state index contributed by atoms with van der Waals surface area (Å²) in [6.45, 7) is 0. The Morgan fingerprint density at radius 3 is 2.28 bits per heavy atom. The highest BCUT2D eigenvalue weighted by atomic mass is 16.4. The summed E-state index contributed by atoms with van der Waals surface area (Å²) in [7, 11) is 5.52. The molecule has 0 saturated carbocycles. The highest BCUT2D eigenvalue weighted by molar-refractivity contribution is 5.67. The molecule has 2 atom stereocenters. The average Bonchev–Trinajstić information content (AvgIpc) is 2.35. The van der Waals surface area contributed by atoms with Gasteiger partial charge in [0.25, 0.3) is 0 Å². The first kappa shape index (κ1) is 14.5. The molecule has 100 valence electrons. The number of anilines is 1. The normalized spacial score (nSPS) is 14.0. The fourth-order valence-corrected chi connectivity index (χ4v) is 1.76. The summed E-state index contributed by atoms with van der Waals surface area (Å²) in [5, 5.41) is 21.7. The lowest BCUT2D eigenvalue weighted by atomic mass is 9.99. The van der Waals surface area contributed by atoms with Gasteiger partial charge in [-0.2, -0.15) is 0 Å². The molecule has 1 aromatic rings. The Morgan fingerprint density at radius 2 is 1.89 bits per heavy atom. The van der Waals surface area contributed by atoms with Crippen molar-refractivity contribution in [2.45, 2.75) is 18.6 Å². The van der Waals surface area contributed by atoms with E-state index < -0.39 is 18.1 Å². The van der Waals surface area contributed by atoms with Crippen LogP contribution in [-0.4, -0.2) is 43.4 Å². The molecular weight excluding hydrogens is 232 g/mol. The molecule has 0 aliphatic rings. The Balaban J connectivity index is 2.81. The van der Waals surface area contributed by atoms with Crippen molar-refractivity contribution in [2.24, 2.45) is 0 Å². The zero-order chi connectivity index (χ0) is 13.7. The van der Waals surface area contributed by atoms with Crippen LogP contribution in [0.25, 0.3) is 0 Å². The maximum Gasteiger partial charge on any atom is 0.305 e. The molecule has 2 unspecified atom stereocenters. The van der Waals surface area contributed by atoms with Crippen LogP contribution >= 0.6 is 0 Å². The average molecular weight is 252 g/mol. The van der Waals surface area contributed by atoms with Gasteiger partial charge in [0.2, 0.25) is 0 Å². The number of aliphatic carboxylic acids is 1. The SMILES string of the molecule is CNC(CC(=O)O)C(O)c1ccc(N(C)C)cc1. The maximum absolute atomic E-state index is 10.7. The van der Waals surface area contributed by atoms with Crippen LogP contribution in [0.5, 0.6) is 0 Å². The first-order valence-corrected chi connectivity index (χ1v) is 5.80. The van der Waals surface area contributed by atoms with Crippen molar-refractivity contribution >= 4 is 11.7 Å². The highest BCUT2D eigenvalue weighted by Gasteiger charge is 2.21. The number of hydrogen-bond acceptors (Lipinski definition) is 4. The minimum absolute atomic E-state index is 0.118. The van der Waals surface area contributed by atoms with Crippen LogP contribution in [0.3, 0.4) is 0 Å². The van der Waals surface area contributed by atoms with Crippen LogP contribution in [0.2, 0.25) is 0 Å². The standard InChI is InChI=1S/C13H20N2O3/c1-14-11(8-12(16)17)13(18)9-4-6-10(7-5-9)15(2)3/h4-7,11,13-14,18H,8H2,1-3H3,(H,16,17). The molecule has 0 saturated heterocycles. The van der Waals surface area contributed by atoms with Crippen LogP contribution in [0.4, 0.5) is 5.69 Å². The van der Waals surface area contributed by atoms with Crippen molar-refractivity contribution in [1.82, 2.24) is 5.32 Å². The Morgan fingerprint density at radius 1 is 1.33 bits per heavy atom. The van der Waals surface area contributed by atoms with Gasteiger partial charge in [0, 0.05) is 25.8 Å².